The van der Waals surface area contributed by atoms with Gasteiger partial charge in [0.1, 0.15) is 11.5 Å². The van der Waals surface area contributed by atoms with Gasteiger partial charge in [0.05, 0.1) is 10.7 Å². The fraction of sp³-hybridized carbons (Fsp3) is 0.533. The highest BCUT2D eigenvalue weighted by atomic mass is 35.5. The van der Waals surface area contributed by atoms with Crippen molar-refractivity contribution in [3.63, 3.8) is 0 Å². The summed E-state index contributed by atoms with van der Waals surface area (Å²) in [7, 11) is 0. The Morgan fingerprint density at radius 2 is 2.00 bits per heavy atom. The second-order valence-electron chi connectivity index (χ2n) is 6.46. The van der Waals surface area contributed by atoms with Gasteiger partial charge in [-0.15, -0.1) is 0 Å². The van der Waals surface area contributed by atoms with E-state index in [9.17, 15) is 0 Å². The fourth-order valence-electron chi connectivity index (χ4n) is 2.08. The van der Waals surface area contributed by atoms with Crippen LogP contribution in [0.25, 0.3) is 5.65 Å². The largest absolute Gasteiger partial charge is 0.365 e. The van der Waals surface area contributed by atoms with Crippen LogP contribution in [0.3, 0.4) is 0 Å². The van der Waals surface area contributed by atoms with Crippen molar-refractivity contribution in [2.24, 2.45) is 5.92 Å². The van der Waals surface area contributed by atoms with Crippen LogP contribution in [0.15, 0.2) is 18.3 Å². The average molecular weight is 280 g/mol. The summed E-state index contributed by atoms with van der Waals surface area (Å²) in [5, 5.41) is 4.27. The van der Waals surface area contributed by atoms with Gasteiger partial charge in [-0.3, -0.25) is 4.40 Å². The standard InChI is InChI=1S/C15H22ClN3/c1-10(2)8-12-14(18-15(3,4)5)19-9-11(16)6-7-13(19)17-12/h6-7,9-10,18H,8H2,1-5H3. The summed E-state index contributed by atoms with van der Waals surface area (Å²) in [6, 6.07) is 3.84. The van der Waals surface area contributed by atoms with Crippen LogP contribution < -0.4 is 5.32 Å². The van der Waals surface area contributed by atoms with Crippen molar-refractivity contribution in [1.29, 1.82) is 0 Å². The average Bonchev–Trinajstić information content (AvgIpc) is 2.54. The zero-order chi connectivity index (χ0) is 14.2. The minimum Gasteiger partial charge on any atom is -0.365 e. The third kappa shape index (κ3) is 3.41. The van der Waals surface area contributed by atoms with Crippen molar-refractivity contribution in [3.05, 3.63) is 29.0 Å². The third-order valence-electron chi connectivity index (χ3n) is 2.75. The number of nitrogens with zero attached hydrogens (tertiary/aromatic N) is 2. The Hall–Kier alpha value is -1.22. The minimum atomic E-state index is -0.00991. The number of nitrogens with one attached hydrogen (secondary N) is 1. The fourth-order valence-corrected chi connectivity index (χ4v) is 2.24. The molecule has 19 heavy (non-hydrogen) atoms. The van der Waals surface area contributed by atoms with Gasteiger partial charge in [0.15, 0.2) is 0 Å². The molecular weight excluding hydrogens is 258 g/mol. The van der Waals surface area contributed by atoms with Crippen molar-refractivity contribution in [2.75, 3.05) is 5.32 Å². The molecule has 0 spiro atoms. The first-order valence-electron chi connectivity index (χ1n) is 6.71. The molecule has 0 saturated heterocycles. The van der Waals surface area contributed by atoms with Gasteiger partial charge >= 0.3 is 0 Å². The van der Waals surface area contributed by atoms with Crippen LogP contribution in [0, 0.1) is 5.92 Å². The van der Waals surface area contributed by atoms with E-state index in [4.69, 9.17) is 16.6 Å². The van der Waals surface area contributed by atoms with Gasteiger partial charge in [0, 0.05) is 11.7 Å². The number of halogens is 1. The van der Waals surface area contributed by atoms with Gasteiger partial charge in [-0.2, -0.15) is 0 Å². The molecule has 0 bridgehead atoms. The summed E-state index contributed by atoms with van der Waals surface area (Å²) in [6.45, 7) is 10.9. The monoisotopic (exact) mass is 279 g/mol. The van der Waals surface area contributed by atoms with Gasteiger partial charge < -0.3 is 5.32 Å². The third-order valence-corrected chi connectivity index (χ3v) is 2.97. The zero-order valence-corrected chi connectivity index (χ0v) is 13.0. The first-order valence-corrected chi connectivity index (χ1v) is 7.09. The van der Waals surface area contributed by atoms with Crippen LogP contribution in [-0.2, 0) is 6.42 Å². The van der Waals surface area contributed by atoms with Crippen LogP contribution in [0.1, 0.15) is 40.3 Å². The van der Waals surface area contributed by atoms with Crippen molar-refractivity contribution >= 4 is 23.1 Å². The maximum Gasteiger partial charge on any atom is 0.138 e. The summed E-state index contributed by atoms with van der Waals surface area (Å²) in [6.07, 6.45) is 2.87. The maximum atomic E-state index is 6.10. The van der Waals surface area contributed by atoms with Gasteiger partial charge in [-0.05, 0) is 45.2 Å². The molecule has 0 aromatic carbocycles. The predicted octanol–water partition coefficient (Wildman–Crippen LogP) is 4.40. The van der Waals surface area contributed by atoms with E-state index in [-0.39, 0.29) is 5.54 Å². The SMILES string of the molecule is CC(C)Cc1nc2ccc(Cl)cn2c1NC(C)(C)C. The predicted molar refractivity (Wildman–Crippen MR) is 82.1 cm³/mol. The Labute approximate surface area is 120 Å². The molecular formula is C15H22ClN3. The van der Waals surface area contributed by atoms with Crippen molar-refractivity contribution in [2.45, 2.75) is 46.6 Å². The summed E-state index contributed by atoms with van der Waals surface area (Å²) in [5.74, 6) is 1.62. The van der Waals surface area contributed by atoms with Crippen LogP contribution >= 0.6 is 11.6 Å². The smallest absolute Gasteiger partial charge is 0.138 e. The maximum absolute atomic E-state index is 6.10. The molecule has 0 atom stereocenters. The second-order valence-corrected chi connectivity index (χ2v) is 6.89. The Morgan fingerprint density at radius 1 is 1.32 bits per heavy atom. The normalized spacial score (nSPS) is 12.4. The van der Waals surface area contributed by atoms with Crippen molar-refractivity contribution < 1.29 is 0 Å². The number of hydrogen-bond acceptors (Lipinski definition) is 2. The van der Waals surface area contributed by atoms with Crippen LogP contribution in [0.2, 0.25) is 5.02 Å². The highest BCUT2D eigenvalue weighted by molar-refractivity contribution is 6.30. The van der Waals surface area contributed by atoms with Crippen molar-refractivity contribution in [3.8, 4) is 0 Å². The molecule has 0 saturated carbocycles. The number of pyridine rings is 1. The molecule has 0 aliphatic rings. The van der Waals surface area contributed by atoms with Gasteiger partial charge in [0.25, 0.3) is 0 Å². The second kappa shape index (κ2) is 5.04. The molecule has 2 aromatic rings. The van der Waals surface area contributed by atoms with E-state index >= 15 is 0 Å². The van der Waals surface area contributed by atoms with Crippen LogP contribution in [0.4, 0.5) is 5.82 Å². The number of rotatable bonds is 3. The van der Waals surface area contributed by atoms with E-state index in [0.29, 0.717) is 5.92 Å². The molecule has 0 radical (unpaired) electrons. The Kier molecular flexibility index (Phi) is 3.77. The zero-order valence-electron chi connectivity index (χ0n) is 12.3. The Balaban J connectivity index is 2.56. The molecule has 1 N–H and O–H groups in total. The van der Waals surface area contributed by atoms with E-state index in [1.54, 1.807) is 0 Å². The number of hydrogen-bond donors (Lipinski definition) is 1. The lowest BCUT2D eigenvalue weighted by Crippen LogP contribution is -2.27. The first kappa shape index (κ1) is 14.2. The van der Waals surface area contributed by atoms with Crippen LogP contribution in [-0.4, -0.2) is 14.9 Å². The lowest BCUT2D eigenvalue weighted by atomic mass is 10.1. The molecule has 3 nitrogen and oxygen atoms in total. The van der Waals surface area contributed by atoms with Crippen LogP contribution in [0.5, 0.6) is 0 Å². The van der Waals surface area contributed by atoms with E-state index in [2.05, 4.69) is 39.9 Å². The highest BCUT2D eigenvalue weighted by Gasteiger charge is 2.18. The first-order chi connectivity index (χ1) is 8.76. The highest BCUT2D eigenvalue weighted by Crippen LogP contribution is 2.25. The molecule has 0 amide bonds. The number of aromatic nitrogens is 2. The summed E-state index contributed by atoms with van der Waals surface area (Å²) >= 11 is 6.10. The van der Waals surface area contributed by atoms with Gasteiger partial charge in [0.2, 0.25) is 0 Å². The molecule has 0 fully saturated rings. The molecule has 104 valence electrons. The number of fused-ring (bicyclic) bond motifs is 1. The summed E-state index contributed by atoms with van der Waals surface area (Å²) < 4.78 is 2.05. The lowest BCUT2D eigenvalue weighted by Gasteiger charge is -2.23. The molecule has 4 heteroatoms. The van der Waals surface area contributed by atoms with Crippen molar-refractivity contribution in [1.82, 2.24) is 9.38 Å². The Bertz CT molecular complexity index is 579. The minimum absolute atomic E-state index is 0.00991. The molecule has 0 unspecified atom stereocenters. The number of imidazole rings is 1. The van der Waals surface area contributed by atoms with Gasteiger partial charge in [-0.25, -0.2) is 4.98 Å². The molecule has 2 heterocycles. The van der Waals surface area contributed by atoms with E-state index < -0.39 is 0 Å². The molecule has 0 aliphatic carbocycles. The lowest BCUT2D eigenvalue weighted by molar-refractivity contribution is 0.614. The molecule has 2 aromatic heterocycles. The summed E-state index contributed by atoms with van der Waals surface area (Å²) in [4.78, 5) is 4.72. The van der Waals surface area contributed by atoms with E-state index in [0.717, 1.165) is 28.6 Å². The topological polar surface area (TPSA) is 29.3 Å². The van der Waals surface area contributed by atoms with E-state index in [1.165, 1.54) is 0 Å². The number of anilines is 1. The molecule has 2 rings (SSSR count). The summed E-state index contributed by atoms with van der Waals surface area (Å²) in [5.41, 5.74) is 2.03. The molecule has 0 aliphatic heterocycles. The van der Waals surface area contributed by atoms with Gasteiger partial charge in [-0.1, -0.05) is 25.4 Å². The Morgan fingerprint density at radius 3 is 2.58 bits per heavy atom. The van der Waals surface area contributed by atoms with E-state index in [1.807, 2.05) is 22.7 Å². The quantitative estimate of drug-likeness (QED) is 0.902.